The molecule has 0 radical (unpaired) electrons. The van der Waals surface area contributed by atoms with Gasteiger partial charge in [-0.25, -0.2) is 13.2 Å². The number of nitrogens with one attached hydrogen (secondary N) is 1. The zero-order valence-corrected chi connectivity index (χ0v) is 18.1. The quantitative estimate of drug-likeness (QED) is 0.612. The van der Waals surface area contributed by atoms with Gasteiger partial charge in [0.25, 0.3) is 0 Å². The molecule has 4 rings (SSSR count). The van der Waals surface area contributed by atoms with Crippen LogP contribution in [0.25, 0.3) is 11.1 Å². The third-order valence-corrected chi connectivity index (χ3v) is 6.78. The molecular weight excluding hydrogens is 410 g/mol. The standard InChI is InChI=1S/C25H25NO4S/c1-31(28,29)22-13-11-19(12-14-22)18-7-9-21(10-8-18)25(27)30-24-17-26-16-15-23(24)20-5-3-2-4-6-20/h2-14,23-24,26H,15-17H2,1H3/t23-,24+/m0/s1. The van der Waals surface area contributed by atoms with Crippen LogP contribution < -0.4 is 5.32 Å². The van der Waals surface area contributed by atoms with Crippen LogP contribution >= 0.6 is 0 Å². The summed E-state index contributed by atoms with van der Waals surface area (Å²) >= 11 is 0. The Bertz CT molecular complexity index is 1140. The summed E-state index contributed by atoms with van der Waals surface area (Å²) in [5, 5.41) is 3.32. The van der Waals surface area contributed by atoms with Crippen LogP contribution in [0, 0.1) is 0 Å². The second-order valence-electron chi connectivity index (χ2n) is 7.83. The van der Waals surface area contributed by atoms with Crippen LogP contribution in [-0.2, 0) is 14.6 Å². The van der Waals surface area contributed by atoms with Gasteiger partial charge in [0.15, 0.2) is 9.84 Å². The molecule has 160 valence electrons. The van der Waals surface area contributed by atoms with Crippen molar-refractivity contribution in [3.63, 3.8) is 0 Å². The zero-order chi connectivity index (χ0) is 21.8. The van der Waals surface area contributed by atoms with Crippen molar-refractivity contribution in [3.8, 4) is 11.1 Å². The van der Waals surface area contributed by atoms with Gasteiger partial charge in [-0.1, -0.05) is 54.6 Å². The van der Waals surface area contributed by atoms with Gasteiger partial charge in [-0.05, 0) is 53.9 Å². The average Bonchev–Trinajstić information content (AvgIpc) is 2.80. The number of ether oxygens (including phenoxy) is 1. The lowest BCUT2D eigenvalue weighted by Gasteiger charge is -2.32. The van der Waals surface area contributed by atoms with Gasteiger partial charge in [-0.3, -0.25) is 0 Å². The first-order valence-electron chi connectivity index (χ1n) is 10.3. The molecule has 0 unspecified atom stereocenters. The molecule has 1 aliphatic heterocycles. The molecule has 1 aliphatic rings. The molecule has 1 N–H and O–H groups in total. The van der Waals surface area contributed by atoms with Crippen LogP contribution in [0.1, 0.15) is 28.3 Å². The fourth-order valence-electron chi connectivity index (χ4n) is 3.93. The Kier molecular flexibility index (Phi) is 6.20. The van der Waals surface area contributed by atoms with Crippen LogP contribution in [0.15, 0.2) is 83.8 Å². The van der Waals surface area contributed by atoms with E-state index < -0.39 is 9.84 Å². The highest BCUT2D eigenvalue weighted by atomic mass is 32.2. The maximum Gasteiger partial charge on any atom is 0.338 e. The lowest BCUT2D eigenvalue weighted by Crippen LogP contribution is -2.42. The highest BCUT2D eigenvalue weighted by Gasteiger charge is 2.29. The number of esters is 1. The van der Waals surface area contributed by atoms with E-state index in [0.717, 1.165) is 24.1 Å². The zero-order valence-electron chi connectivity index (χ0n) is 17.3. The van der Waals surface area contributed by atoms with Crippen LogP contribution in [0.5, 0.6) is 0 Å². The number of carbonyl (C=O) groups is 1. The number of hydrogen-bond donors (Lipinski definition) is 1. The van der Waals surface area contributed by atoms with Gasteiger partial charge in [0.1, 0.15) is 6.10 Å². The molecule has 5 nitrogen and oxygen atoms in total. The van der Waals surface area contributed by atoms with Gasteiger partial charge in [0, 0.05) is 18.7 Å². The number of carbonyl (C=O) groups excluding carboxylic acids is 1. The van der Waals surface area contributed by atoms with Crippen molar-refractivity contribution in [3.05, 3.63) is 90.0 Å². The minimum atomic E-state index is -3.22. The van der Waals surface area contributed by atoms with E-state index in [0.29, 0.717) is 12.1 Å². The van der Waals surface area contributed by atoms with E-state index in [9.17, 15) is 13.2 Å². The first kappa shape index (κ1) is 21.3. The Hall–Kier alpha value is -2.96. The van der Waals surface area contributed by atoms with Crippen molar-refractivity contribution in [1.82, 2.24) is 5.32 Å². The SMILES string of the molecule is CS(=O)(=O)c1ccc(-c2ccc(C(=O)O[C@@H]3CNCC[C@H]3c3ccccc3)cc2)cc1. The second kappa shape index (κ2) is 9.04. The van der Waals surface area contributed by atoms with Gasteiger partial charge in [-0.2, -0.15) is 0 Å². The Morgan fingerprint density at radius 3 is 2.13 bits per heavy atom. The Morgan fingerprint density at radius 1 is 0.903 bits per heavy atom. The van der Waals surface area contributed by atoms with Crippen LogP contribution in [0.4, 0.5) is 0 Å². The molecule has 6 heteroatoms. The highest BCUT2D eigenvalue weighted by molar-refractivity contribution is 7.90. The first-order chi connectivity index (χ1) is 14.9. The van der Waals surface area contributed by atoms with Crippen LogP contribution in [0.2, 0.25) is 0 Å². The summed E-state index contributed by atoms with van der Waals surface area (Å²) in [7, 11) is -3.22. The molecule has 0 aliphatic carbocycles. The predicted molar refractivity (Wildman–Crippen MR) is 121 cm³/mol. The van der Waals surface area contributed by atoms with Crippen LogP contribution in [0.3, 0.4) is 0 Å². The summed E-state index contributed by atoms with van der Waals surface area (Å²) in [4.78, 5) is 13.1. The van der Waals surface area contributed by atoms with Gasteiger partial charge in [0.05, 0.1) is 10.5 Å². The molecule has 2 atom stereocenters. The summed E-state index contributed by atoms with van der Waals surface area (Å²) in [5.74, 6) is -0.160. The smallest absolute Gasteiger partial charge is 0.338 e. The molecule has 31 heavy (non-hydrogen) atoms. The van der Waals surface area contributed by atoms with E-state index in [1.54, 1.807) is 36.4 Å². The maximum atomic E-state index is 12.8. The third-order valence-electron chi connectivity index (χ3n) is 5.65. The summed E-state index contributed by atoms with van der Waals surface area (Å²) in [6.45, 7) is 1.54. The molecule has 0 aromatic heterocycles. The summed E-state index contributed by atoms with van der Waals surface area (Å²) in [6, 6.07) is 24.1. The molecule has 3 aromatic carbocycles. The molecule has 1 saturated heterocycles. The van der Waals surface area contributed by atoms with E-state index in [4.69, 9.17) is 4.74 Å². The predicted octanol–water partition coefficient (Wildman–Crippen LogP) is 4.06. The maximum absolute atomic E-state index is 12.8. The number of piperidine rings is 1. The summed E-state index contributed by atoms with van der Waals surface area (Å²) < 4.78 is 29.1. The number of benzene rings is 3. The Balaban J connectivity index is 1.47. The minimum Gasteiger partial charge on any atom is -0.457 e. The lowest BCUT2D eigenvalue weighted by atomic mass is 9.88. The second-order valence-corrected chi connectivity index (χ2v) is 9.84. The van der Waals surface area contributed by atoms with Crippen molar-refractivity contribution in [2.24, 2.45) is 0 Å². The van der Waals surface area contributed by atoms with Gasteiger partial charge in [0.2, 0.25) is 0 Å². The molecule has 1 fully saturated rings. The normalized spacial score (nSPS) is 19.0. The third kappa shape index (κ3) is 5.03. The van der Waals surface area contributed by atoms with Crippen molar-refractivity contribution >= 4 is 15.8 Å². The molecule has 1 heterocycles. The minimum absolute atomic E-state index is 0.180. The Morgan fingerprint density at radius 2 is 1.52 bits per heavy atom. The number of sulfone groups is 1. The first-order valence-corrected chi connectivity index (χ1v) is 12.2. The van der Waals surface area contributed by atoms with Crippen molar-refractivity contribution in [1.29, 1.82) is 0 Å². The largest absolute Gasteiger partial charge is 0.457 e. The summed E-state index contributed by atoms with van der Waals surface area (Å²) in [5.41, 5.74) is 3.47. The van der Waals surface area contributed by atoms with E-state index in [1.165, 1.54) is 11.8 Å². The topological polar surface area (TPSA) is 72.5 Å². The van der Waals surface area contributed by atoms with Crippen LogP contribution in [-0.4, -0.2) is 39.8 Å². The van der Waals surface area contributed by atoms with E-state index in [2.05, 4.69) is 17.4 Å². The van der Waals surface area contributed by atoms with Crippen molar-refractivity contribution < 1.29 is 17.9 Å². The van der Waals surface area contributed by atoms with Crippen molar-refractivity contribution in [2.75, 3.05) is 19.3 Å². The van der Waals surface area contributed by atoms with Gasteiger partial charge < -0.3 is 10.1 Å². The molecule has 3 aromatic rings. The molecule has 0 bridgehead atoms. The fraction of sp³-hybridized carbons (Fsp3) is 0.240. The molecule has 0 amide bonds. The molecule has 0 spiro atoms. The monoisotopic (exact) mass is 435 g/mol. The van der Waals surface area contributed by atoms with E-state index >= 15 is 0 Å². The van der Waals surface area contributed by atoms with Gasteiger partial charge in [-0.15, -0.1) is 0 Å². The van der Waals surface area contributed by atoms with E-state index in [1.807, 2.05) is 30.3 Å². The highest BCUT2D eigenvalue weighted by Crippen LogP contribution is 2.28. The lowest BCUT2D eigenvalue weighted by molar-refractivity contribution is 0.0182. The van der Waals surface area contributed by atoms with Gasteiger partial charge >= 0.3 is 5.97 Å². The number of rotatable bonds is 5. The molecular formula is C25H25NO4S. The summed E-state index contributed by atoms with van der Waals surface area (Å²) in [6.07, 6.45) is 1.89. The Labute approximate surface area is 183 Å². The van der Waals surface area contributed by atoms with E-state index in [-0.39, 0.29) is 22.9 Å². The fourth-order valence-corrected chi connectivity index (χ4v) is 4.56. The number of hydrogen-bond acceptors (Lipinski definition) is 5. The molecule has 0 saturated carbocycles. The van der Waals surface area contributed by atoms with Crippen molar-refractivity contribution in [2.45, 2.75) is 23.3 Å². The average molecular weight is 436 g/mol.